The molecule has 0 spiro atoms. The number of amides is 1. The summed E-state index contributed by atoms with van der Waals surface area (Å²) in [7, 11) is -4.02. The highest BCUT2D eigenvalue weighted by Gasteiger charge is 2.35. The van der Waals surface area contributed by atoms with E-state index in [2.05, 4.69) is 26.1 Å². The van der Waals surface area contributed by atoms with Gasteiger partial charge in [0.15, 0.2) is 10.4 Å². The minimum absolute atomic E-state index is 0.0666. The Morgan fingerprint density at radius 3 is 2.29 bits per heavy atom. The lowest BCUT2D eigenvalue weighted by Crippen LogP contribution is -2.57. The van der Waals surface area contributed by atoms with Gasteiger partial charge in [-0.1, -0.05) is 17.7 Å². The van der Waals surface area contributed by atoms with Gasteiger partial charge in [-0.25, -0.2) is 0 Å². The van der Waals surface area contributed by atoms with Crippen LogP contribution in [0.15, 0.2) is 50.4 Å². The van der Waals surface area contributed by atoms with E-state index in [0.717, 1.165) is 12.1 Å². The lowest BCUT2D eigenvalue weighted by Gasteiger charge is -2.44. The van der Waals surface area contributed by atoms with E-state index in [1.165, 1.54) is 38.1 Å². The molecular weight excluding hydrogens is 448 g/mol. The number of rotatable bonds is 3. The number of hydrogen-bond donors (Lipinski definition) is 2. The first-order valence-electron chi connectivity index (χ1n) is 9.05. The smallest absolute Gasteiger partial charge is 0.294 e. The fourth-order valence-corrected chi connectivity index (χ4v) is 4.30. The predicted octanol–water partition coefficient (Wildman–Crippen LogP) is 3.11. The summed E-state index contributed by atoms with van der Waals surface area (Å²) in [6.07, 6.45) is 2.40. The highest BCUT2D eigenvalue weighted by molar-refractivity contribution is 9.10. The molecule has 2 N–H and O–H groups in total. The van der Waals surface area contributed by atoms with Crippen LogP contribution in [-0.2, 0) is 10.1 Å². The molecular formula is C19H23BrN2O5S. The first-order chi connectivity index (χ1) is 13.2. The van der Waals surface area contributed by atoms with Crippen molar-refractivity contribution in [3.63, 3.8) is 0 Å². The van der Waals surface area contributed by atoms with Crippen molar-refractivity contribution in [2.45, 2.75) is 30.7 Å². The Bertz CT molecular complexity index is 918. The van der Waals surface area contributed by atoms with Crippen LogP contribution in [0.4, 0.5) is 0 Å². The molecule has 152 valence electrons. The van der Waals surface area contributed by atoms with Gasteiger partial charge in [-0.3, -0.25) is 9.35 Å². The number of fused-ring (bicyclic) bond motifs is 3. The maximum Gasteiger partial charge on any atom is 0.294 e. The van der Waals surface area contributed by atoms with Crippen LogP contribution < -0.4 is 5.32 Å². The molecule has 9 heteroatoms. The first kappa shape index (κ1) is 21.0. The van der Waals surface area contributed by atoms with E-state index in [-0.39, 0.29) is 16.8 Å². The molecule has 1 aromatic carbocycles. The fourth-order valence-electron chi connectivity index (χ4n) is 3.51. The Hall–Kier alpha value is -1.68. The summed E-state index contributed by atoms with van der Waals surface area (Å²) in [5.41, 5.74) is 0.956. The number of hydrogen-bond acceptors (Lipinski definition) is 5. The number of piperidine rings is 3. The monoisotopic (exact) mass is 470 g/mol. The van der Waals surface area contributed by atoms with Gasteiger partial charge in [0.25, 0.3) is 16.0 Å². The van der Waals surface area contributed by atoms with Crippen LogP contribution in [0.5, 0.6) is 0 Å². The molecule has 3 saturated heterocycles. The Balaban J connectivity index is 0.000000178. The van der Waals surface area contributed by atoms with Crippen LogP contribution in [0.3, 0.4) is 0 Å². The standard InChI is InChI=1S/C12H15BrN2O2.C7H8O3S/c13-11-2-1-10(17-11)12(16)14-9-7-15-5-3-8(9)4-6-15;1-6-2-4-7(5-3-6)11(8,9)10/h1-2,8-9H,3-7H2,(H,14,16);2-5H,1H3,(H,8,9,10)/t9-;/m0./s1. The maximum atomic E-state index is 12.0. The molecule has 2 bridgehead atoms. The van der Waals surface area contributed by atoms with Crippen LogP contribution >= 0.6 is 15.9 Å². The Labute approximate surface area is 173 Å². The molecule has 0 saturated carbocycles. The van der Waals surface area contributed by atoms with Gasteiger partial charge >= 0.3 is 0 Å². The van der Waals surface area contributed by atoms with Crippen molar-refractivity contribution in [3.05, 3.63) is 52.4 Å². The van der Waals surface area contributed by atoms with Crippen LogP contribution in [0.1, 0.15) is 29.0 Å². The molecule has 1 atom stereocenters. The number of furan rings is 1. The molecule has 4 heterocycles. The number of benzene rings is 1. The zero-order chi connectivity index (χ0) is 20.3. The average Bonchev–Trinajstić information content (AvgIpc) is 3.09. The number of aryl methyl sites for hydroxylation is 1. The highest BCUT2D eigenvalue weighted by atomic mass is 79.9. The van der Waals surface area contributed by atoms with Crippen molar-refractivity contribution in [2.24, 2.45) is 5.92 Å². The van der Waals surface area contributed by atoms with Gasteiger partial charge in [-0.2, -0.15) is 8.42 Å². The molecule has 5 rings (SSSR count). The molecule has 3 fully saturated rings. The van der Waals surface area contributed by atoms with E-state index in [0.29, 0.717) is 16.3 Å². The maximum absolute atomic E-state index is 12.0. The normalized spacial score (nSPS) is 23.6. The van der Waals surface area contributed by atoms with Crippen LogP contribution in [0, 0.1) is 12.8 Å². The SMILES string of the molecule is Cc1ccc(S(=O)(=O)O)cc1.O=C(N[C@H]1CN2CCC1CC2)c1ccc(Br)o1. The number of nitrogens with one attached hydrogen (secondary N) is 1. The third-order valence-corrected chi connectivity index (χ3v) is 6.38. The molecule has 3 aliphatic rings. The van der Waals surface area contributed by atoms with Crippen molar-refractivity contribution in [3.8, 4) is 0 Å². The zero-order valence-electron chi connectivity index (χ0n) is 15.5. The van der Waals surface area contributed by atoms with E-state index in [9.17, 15) is 13.2 Å². The number of halogens is 1. The van der Waals surface area contributed by atoms with Gasteiger partial charge < -0.3 is 14.6 Å². The lowest BCUT2D eigenvalue weighted by molar-refractivity contribution is 0.0605. The third-order valence-electron chi connectivity index (χ3n) is 5.09. The largest absolute Gasteiger partial charge is 0.444 e. The number of carbonyl (C=O) groups excluding carboxylic acids is 1. The van der Waals surface area contributed by atoms with E-state index < -0.39 is 10.1 Å². The molecule has 0 aliphatic carbocycles. The lowest BCUT2D eigenvalue weighted by atomic mass is 9.84. The molecule has 0 radical (unpaired) electrons. The summed E-state index contributed by atoms with van der Waals surface area (Å²) in [6.45, 7) is 5.19. The van der Waals surface area contributed by atoms with Crippen molar-refractivity contribution < 1.29 is 22.2 Å². The second-order valence-corrected chi connectivity index (χ2v) is 9.31. The summed E-state index contributed by atoms with van der Waals surface area (Å²) in [6, 6.07) is 9.71. The van der Waals surface area contributed by atoms with Gasteiger partial charge in [0, 0.05) is 12.6 Å². The Morgan fingerprint density at radius 2 is 1.82 bits per heavy atom. The topological polar surface area (TPSA) is 99.8 Å². The van der Waals surface area contributed by atoms with Crippen LogP contribution in [0.25, 0.3) is 0 Å². The fraction of sp³-hybridized carbons (Fsp3) is 0.421. The average molecular weight is 471 g/mol. The molecule has 2 aromatic rings. The summed E-state index contributed by atoms with van der Waals surface area (Å²) in [5.74, 6) is 0.921. The zero-order valence-corrected chi connectivity index (χ0v) is 17.9. The van der Waals surface area contributed by atoms with Crippen molar-refractivity contribution in [1.82, 2.24) is 10.2 Å². The van der Waals surface area contributed by atoms with Gasteiger partial charge in [0.1, 0.15) is 0 Å². The third kappa shape index (κ3) is 5.44. The molecule has 0 unspecified atom stereocenters. The van der Waals surface area contributed by atoms with Gasteiger partial charge in [0.2, 0.25) is 0 Å². The summed E-state index contributed by atoms with van der Waals surface area (Å²) >= 11 is 3.20. The Kier molecular flexibility index (Phi) is 6.59. The van der Waals surface area contributed by atoms with Crippen LogP contribution in [-0.4, -0.2) is 49.5 Å². The summed E-state index contributed by atoms with van der Waals surface area (Å²) < 4.78 is 35.4. The predicted molar refractivity (Wildman–Crippen MR) is 108 cm³/mol. The highest BCUT2D eigenvalue weighted by Crippen LogP contribution is 2.27. The van der Waals surface area contributed by atoms with Crippen molar-refractivity contribution in [2.75, 3.05) is 19.6 Å². The minimum atomic E-state index is -4.02. The second kappa shape index (κ2) is 8.77. The summed E-state index contributed by atoms with van der Waals surface area (Å²) in [4.78, 5) is 14.3. The quantitative estimate of drug-likeness (QED) is 0.668. The second-order valence-electron chi connectivity index (χ2n) is 7.11. The van der Waals surface area contributed by atoms with E-state index in [4.69, 9.17) is 8.97 Å². The molecule has 1 aromatic heterocycles. The number of carbonyl (C=O) groups is 1. The van der Waals surface area contributed by atoms with Gasteiger partial charge in [-0.05, 0) is 79.0 Å². The van der Waals surface area contributed by atoms with Crippen LogP contribution in [0.2, 0.25) is 0 Å². The minimum Gasteiger partial charge on any atom is -0.444 e. The first-order valence-corrected chi connectivity index (χ1v) is 11.3. The van der Waals surface area contributed by atoms with Gasteiger partial charge in [0.05, 0.1) is 4.90 Å². The molecule has 28 heavy (non-hydrogen) atoms. The summed E-state index contributed by atoms with van der Waals surface area (Å²) in [5, 5.41) is 3.08. The Morgan fingerprint density at radius 1 is 1.18 bits per heavy atom. The van der Waals surface area contributed by atoms with E-state index in [1.54, 1.807) is 24.3 Å². The number of nitrogens with zero attached hydrogens (tertiary/aromatic N) is 1. The van der Waals surface area contributed by atoms with E-state index in [1.807, 2.05) is 6.92 Å². The van der Waals surface area contributed by atoms with Crippen molar-refractivity contribution in [1.29, 1.82) is 0 Å². The molecule has 1 amide bonds. The van der Waals surface area contributed by atoms with Crippen molar-refractivity contribution >= 4 is 32.0 Å². The van der Waals surface area contributed by atoms with E-state index >= 15 is 0 Å². The van der Waals surface area contributed by atoms with Gasteiger partial charge in [-0.15, -0.1) is 0 Å². The molecule has 3 aliphatic heterocycles. The molecule has 7 nitrogen and oxygen atoms in total.